The number of carbonyl (C=O) groups is 2. The molecule has 0 fully saturated rings. The molecule has 0 saturated carbocycles. The fourth-order valence-electron chi connectivity index (χ4n) is 2.16. The molecule has 1 N–H and O–H groups in total. The van der Waals surface area contributed by atoms with E-state index in [2.05, 4.69) is 19.2 Å². The van der Waals surface area contributed by atoms with Gasteiger partial charge in [0.2, 0.25) is 5.91 Å². The van der Waals surface area contributed by atoms with Gasteiger partial charge in [-0.2, -0.15) is 0 Å². The Hall–Kier alpha value is -1.06. The topological polar surface area (TPSA) is 55.4 Å². The van der Waals surface area contributed by atoms with E-state index in [0.717, 1.165) is 6.42 Å². The second-order valence-corrected chi connectivity index (χ2v) is 6.59. The van der Waals surface area contributed by atoms with Gasteiger partial charge in [-0.05, 0) is 46.0 Å². The van der Waals surface area contributed by atoms with Crippen LogP contribution in [0.5, 0.6) is 0 Å². The third kappa shape index (κ3) is 6.60. The molecule has 0 radical (unpaired) electrons. The molecule has 0 bridgehead atoms. The maximum Gasteiger partial charge on any atom is 0.311 e. The molecule has 0 aromatic carbocycles. The van der Waals surface area contributed by atoms with Gasteiger partial charge in [-0.1, -0.05) is 13.8 Å². The minimum Gasteiger partial charge on any atom is -0.463 e. The lowest BCUT2D eigenvalue weighted by atomic mass is 9.72. The van der Waals surface area contributed by atoms with Gasteiger partial charge in [-0.15, -0.1) is 0 Å². The number of amides is 1. The Kier molecular flexibility index (Phi) is 6.53. The maximum atomic E-state index is 12.1. The molecule has 0 saturated heterocycles. The Balaban J connectivity index is 4.74. The Labute approximate surface area is 117 Å². The Morgan fingerprint density at radius 3 is 2.11 bits per heavy atom. The molecule has 0 aromatic rings. The van der Waals surface area contributed by atoms with E-state index in [1.165, 1.54) is 6.92 Å². The number of rotatable bonds is 7. The number of carbonyl (C=O) groups excluding carboxylic acids is 2. The highest BCUT2D eigenvalue weighted by Crippen LogP contribution is 2.37. The number of hydrogen-bond donors (Lipinski definition) is 1. The first kappa shape index (κ1) is 17.9. The summed E-state index contributed by atoms with van der Waals surface area (Å²) < 4.78 is 5.30. The highest BCUT2D eigenvalue weighted by Gasteiger charge is 2.37. The van der Waals surface area contributed by atoms with Crippen molar-refractivity contribution in [1.29, 1.82) is 0 Å². The molecule has 4 nitrogen and oxygen atoms in total. The molecule has 4 heteroatoms. The number of ether oxygens (including phenoxy) is 1. The van der Waals surface area contributed by atoms with Crippen LogP contribution in [0.15, 0.2) is 0 Å². The fourth-order valence-corrected chi connectivity index (χ4v) is 2.16. The molecular weight excluding hydrogens is 242 g/mol. The molecule has 0 heterocycles. The van der Waals surface area contributed by atoms with Gasteiger partial charge in [0, 0.05) is 13.5 Å². The average Bonchev–Trinajstić information content (AvgIpc) is 2.25. The highest BCUT2D eigenvalue weighted by molar-refractivity contribution is 5.76. The van der Waals surface area contributed by atoms with Crippen molar-refractivity contribution in [1.82, 2.24) is 5.32 Å². The van der Waals surface area contributed by atoms with Gasteiger partial charge in [-0.25, -0.2) is 0 Å². The summed E-state index contributed by atoms with van der Waals surface area (Å²) in [5.74, 6) is -0.216. The van der Waals surface area contributed by atoms with Crippen LogP contribution in [0.2, 0.25) is 0 Å². The summed E-state index contributed by atoms with van der Waals surface area (Å²) in [5.41, 5.74) is -0.654. The SMILES string of the molecule is CCC(C)(CNC(C)=O)CC(C)(C)C(=O)OC(C)C. The van der Waals surface area contributed by atoms with Gasteiger partial charge in [0.05, 0.1) is 11.5 Å². The monoisotopic (exact) mass is 271 g/mol. The van der Waals surface area contributed by atoms with Crippen LogP contribution in [-0.4, -0.2) is 24.5 Å². The van der Waals surface area contributed by atoms with Gasteiger partial charge in [0.25, 0.3) is 0 Å². The van der Waals surface area contributed by atoms with E-state index in [1.54, 1.807) is 0 Å². The van der Waals surface area contributed by atoms with Gasteiger partial charge in [-0.3, -0.25) is 9.59 Å². The van der Waals surface area contributed by atoms with E-state index < -0.39 is 5.41 Å². The minimum absolute atomic E-state index is 0.0396. The number of nitrogens with one attached hydrogen (secondary N) is 1. The van der Waals surface area contributed by atoms with Crippen molar-refractivity contribution in [3.63, 3.8) is 0 Å². The van der Waals surface area contributed by atoms with Crippen LogP contribution in [0.25, 0.3) is 0 Å². The molecule has 112 valence electrons. The molecule has 0 aliphatic carbocycles. The Morgan fingerprint density at radius 1 is 1.21 bits per heavy atom. The Morgan fingerprint density at radius 2 is 1.74 bits per heavy atom. The van der Waals surface area contributed by atoms with E-state index >= 15 is 0 Å². The van der Waals surface area contributed by atoms with Crippen molar-refractivity contribution in [2.75, 3.05) is 6.54 Å². The average molecular weight is 271 g/mol. The van der Waals surface area contributed by atoms with Crippen LogP contribution in [0, 0.1) is 10.8 Å². The quantitative estimate of drug-likeness (QED) is 0.724. The summed E-state index contributed by atoms with van der Waals surface area (Å²) in [6, 6.07) is 0. The first-order valence-electron chi connectivity index (χ1n) is 6.98. The van der Waals surface area contributed by atoms with Crippen LogP contribution in [0.1, 0.15) is 61.3 Å². The van der Waals surface area contributed by atoms with Crippen molar-refractivity contribution < 1.29 is 14.3 Å². The summed E-state index contributed by atoms with van der Waals surface area (Å²) in [5, 5.41) is 2.85. The summed E-state index contributed by atoms with van der Waals surface area (Å²) in [4.78, 5) is 23.1. The van der Waals surface area contributed by atoms with Gasteiger partial charge < -0.3 is 10.1 Å². The van der Waals surface area contributed by atoms with Gasteiger partial charge in [0.1, 0.15) is 0 Å². The van der Waals surface area contributed by atoms with Crippen molar-refractivity contribution in [2.24, 2.45) is 10.8 Å². The van der Waals surface area contributed by atoms with Crippen LogP contribution in [-0.2, 0) is 14.3 Å². The molecule has 0 aromatic heterocycles. The van der Waals surface area contributed by atoms with Gasteiger partial charge >= 0.3 is 5.97 Å². The lowest BCUT2D eigenvalue weighted by Crippen LogP contribution is -2.40. The van der Waals surface area contributed by atoms with Crippen molar-refractivity contribution in [2.45, 2.75) is 67.4 Å². The van der Waals surface area contributed by atoms with Crippen molar-refractivity contribution in [3.8, 4) is 0 Å². The first-order valence-corrected chi connectivity index (χ1v) is 6.98. The van der Waals surface area contributed by atoms with Crippen LogP contribution >= 0.6 is 0 Å². The highest BCUT2D eigenvalue weighted by atomic mass is 16.5. The third-order valence-corrected chi connectivity index (χ3v) is 3.38. The fraction of sp³-hybridized carbons (Fsp3) is 0.867. The molecule has 0 aliphatic heterocycles. The zero-order chi connectivity index (χ0) is 15.3. The van der Waals surface area contributed by atoms with E-state index in [4.69, 9.17) is 4.74 Å². The van der Waals surface area contributed by atoms with Crippen LogP contribution in [0.3, 0.4) is 0 Å². The summed E-state index contributed by atoms with van der Waals surface area (Å²) in [6.07, 6.45) is 1.48. The molecule has 19 heavy (non-hydrogen) atoms. The van der Waals surface area contributed by atoms with Crippen molar-refractivity contribution in [3.05, 3.63) is 0 Å². The van der Waals surface area contributed by atoms with Crippen LogP contribution < -0.4 is 5.32 Å². The normalized spacial score (nSPS) is 14.9. The molecule has 0 rings (SSSR count). The predicted octanol–water partition coefficient (Wildman–Crippen LogP) is 2.91. The standard InChI is InChI=1S/C15H29NO3/c1-8-15(7,10-16-12(4)17)9-14(5,6)13(18)19-11(2)3/h11H,8-10H2,1-7H3,(H,16,17). The lowest BCUT2D eigenvalue weighted by Gasteiger charge is -2.36. The third-order valence-electron chi connectivity index (χ3n) is 3.38. The molecular formula is C15H29NO3. The largest absolute Gasteiger partial charge is 0.463 e. The summed E-state index contributed by atoms with van der Waals surface area (Å²) in [6.45, 7) is 13.8. The zero-order valence-corrected chi connectivity index (χ0v) is 13.4. The van der Waals surface area contributed by atoms with E-state index in [9.17, 15) is 9.59 Å². The van der Waals surface area contributed by atoms with E-state index in [-0.39, 0.29) is 23.4 Å². The lowest BCUT2D eigenvalue weighted by molar-refractivity contribution is -0.159. The molecule has 0 aliphatic rings. The molecule has 1 unspecified atom stereocenters. The van der Waals surface area contributed by atoms with Crippen LogP contribution in [0.4, 0.5) is 0 Å². The zero-order valence-electron chi connectivity index (χ0n) is 13.4. The predicted molar refractivity (Wildman–Crippen MR) is 76.7 cm³/mol. The molecule has 1 amide bonds. The van der Waals surface area contributed by atoms with E-state index in [0.29, 0.717) is 13.0 Å². The smallest absolute Gasteiger partial charge is 0.311 e. The van der Waals surface area contributed by atoms with Gasteiger partial charge in [0.15, 0.2) is 0 Å². The summed E-state index contributed by atoms with van der Waals surface area (Å²) in [7, 11) is 0. The van der Waals surface area contributed by atoms with E-state index in [1.807, 2.05) is 27.7 Å². The molecule has 1 atom stereocenters. The molecule has 0 spiro atoms. The summed E-state index contributed by atoms with van der Waals surface area (Å²) >= 11 is 0. The first-order chi connectivity index (χ1) is 8.52. The van der Waals surface area contributed by atoms with Crippen molar-refractivity contribution >= 4 is 11.9 Å². The minimum atomic E-state index is -0.548. The maximum absolute atomic E-state index is 12.1. The number of esters is 1. The second-order valence-electron chi connectivity index (χ2n) is 6.59. The number of hydrogen-bond acceptors (Lipinski definition) is 3. The Bertz CT molecular complexity index is 323. The second kappa shape index (κ2) is 6.92.